The molecule has 0 saturated carbocycles. The van der Waals surface area contributed by atoms with E-state index in [0.717, 1.165) is 103 Å². The predicted molar refractivity (Wildman–Crippen MR) is 221 cm³/mol. The van der Waals surface area contributed by atoms with E-state index in [-0.39, 0.29) is 30.9 Å². The van der Waals surface area contributed by atoms with Crippen LogP contribution in [0, 0.1) is 0 Å². The lowest BCUT2D eigenvalue weighted by Gasteiger charge is -2.40. The van der Waals surface area contributed by atoms with E-state index >= 15 is 4.79 Å². The third-order valence-electron chi connectivity index (χ3n) is 12.3. The number of nitrogens with zero attached hydrogens (tertiary/aromatic N) is 5. The number of anilines is 1. The lowest BCUT2D eigenvalue weighted by Crippen LogP contribution is -2.52. The summed E-state index contributed by atoms with van der Waals surface area (Å²) < 4.78 is 13.9. The van der Waals surface area contributed by atoms with Crippen LogP contribution in [0.5, 0.6) is 5.75 Å². The van der Waals surface area contributed by atoms with Gasteiger partial charge < -0.3 is 28.9 Å². The Bertz CT molecular complexity index is 2330. The van der Waals surface area contributed by atoms with Crippen LogP contribution in [0.3, 0.4) is 0 Å². The quantitative estimate of drug-likeness (QED) is 0.168. The number of morpholine rings is 1. The van der Waals surface area contributed by atoms with E-state index in [4.69, 9.17) is 9.47 Å². The zero-order valence-corrected chi connectivity index (χ0v) is 32.9. The minimum Gasteiger partial charge on any atom is -0.489 e. The molecule has 1 aromatic heterocycles. The van der Waals surface area contributed by atoms with Crippen molar-refractivity contribution in [1.82, 2.24) is 19.3 Å². The van der Waals surface area contributed by atoms with Crippen molar-refractivity contribution in [3.8, 4) is 17.0 Å². The van der Waals surface area contributed by atoms with Gasteiger partial charge in [-0.1, -0.05) is 54.6 Å². The van der Waals surface area contributed by atoms with Crippen LogP contribution in [-0.4, -0.2) is 88.2 Å². The molecular formula is C47H49N5O6. The fourth-order valence-corrected chi connectivity index (χ4v) is 9.09. The van der Waals surface area contributed by atoms with Crippen LogP contribution in [-0.2, 0) is 50.4 Å². The third kappa shape index (κ3) is 7.47. The van der Waals surface area contributed by atoms with Gasteiger partial charge in [0, 0.05) is 87.1 Å². The van der Waals surface area contributed by atoms with Crippen molar-refractivity contribution in [3.63, 3.8) is 0 Å². The summed E-state index contributed by atoms with van der Waals surface area (Å²) in [7, 11) is 1.79. The van der Waals surface area contributed by atoms with Crippen molar-refractivity contribution in [2.24, 2.45) is 0 Å². The summed E-state index contributed by atoms with van der Waals surface area (Å²) in [5, 5.41) is 9.98. The second-order valence-corrected chi connectivity index (χ2v) is 15.9. The molecule has 4 aliphatic heterocycles. The van der Waals surface area contributed by atoms with E-state index < -0.39 is 6.09 Å². The monoisotopic (exact) mass is 779 g/mol. The van der Waals surface area contributed by atoms with Crippen molar-refractivity contribution < 1.29 is 29.0 Å². The highest BCUT2D eigenvalue weighted by Crippen LogP contribution is 2.39. The molecule has 1 saturated heterocycles. The number of benzene rings is 4. The molecule has 9 rings (SSSR count). The van der Waals surface area contributed by atoms with Crippen molar-refractivity contribution >= 4 is 23.6 Å². The van der Waals surface area contributed by atoms with Gasteiger partial charge in [0.05, 0.1) is 18.8 Å². The lowest BCUT2D eigenvalue weighted by molar-refractivity contribution is 0.0193. The SMILES string of the molecule is CN(C(=O)c1cc(-c2cc3c(cc2C(=O)N2Cc4ccccc4C[C@H]2CN2CCOCC2)CN(C(=O)O)C3)n2c1CCCC2)c1ccc(OCc2ccccc2)cc1. The molecule has 5 aromatic rings. The number of fused-ring (bicyclic) bond motifs is 3. The fraction of sp³-hybridized carbons (Fsp3) is 0.340. The van der Waals surface area contributed by atoms with Crippen LogP contribution in [0.25, 0.3) is 11.3 Å². The Morgan fingerprint density at radius 1 is 0.793 bits per heavy atom. The maximum absolute atomic E-state index is 15.3. The number of carboxylic acid groups (broad SMARTS) is 1. The second kappa shape index (κ2) is 16.2. The minimum atomic E-state index is -0.990. The summed E-state index contributed by atoms with van der Waals surface area (Å²) in [6.45, 7) is 5.87. The summed E-state index contributed by atoms with van der Waals surface area (Å²) in [5.41, 5.74) is 9.63. The van der Waals surface area contributed by atoms with E-state index in [1.807, 2.05) is 83.8 Å². The van der Waals surface area contributed by atoms with Gasteiger partial charge in [0.25, 0.3) is 11.8 Å². The van der Waals surface area contributed by atoms with Crippen LogP contribution in [0.1, 0.15) is 67.1 Å². The molecule has 11 nitrogen and oxygen atoms in total. The highest BCUT2D eigenvalue weighted by Gasteiger charge is 2.36. The third-order valence-corrected chi connectivity index (χ3v) is 12.3. The Balaban J connectivity index is 1.07. The molecule has 0 bridgehead atoms. The molecule has 1 atom stereocenters. The van der Waals surface area contributed by atoms with Crippen LogP contribution >= 0.6 is 0 Å². The number of amides is 3. The maximum Gasteiger partial charge on any atom is 0.407 e. The van der Waals surface area contributed by atoms with E-state index in [1.165, 1.54) is 10.5 Å². The molecular weight excluding hydrogens is 731 g/mol. The molecule has 4 aromatic carbocycles. The first-order valence-corrected chi connectivity index (χ1v) is 20.4. The van der Waals surface area contributed by atoms with E-state index in [1.54, 1.807) is 11.9 Å². The zero-order chi connectivity index (χ0) is 39.8. The fourth-order valence-electron chi connectivity index (χ4n) is 9.09. The number of aromatic nitrogens is 1. The van der Waals surface area contributed by atoms with Crippen molar-refractivity contribution in [3.05, 3.63) is 142 Å². The van der Waals surface area contributed by atoms with Crippen LogP contribution in [0.15, 0.2) is 97.1 Å². The van der Waals surface area contributed by atoms with Gasteiger partial charge in [-0.2, -0.15) is 0 Å². The molecule has 1 fully saturated rings. The van der Waals surface area contributed by atoms with Gasteiger partial charge in [-0.05, 0) is 96.0 Å². The van der Waals surface area contributed by atoms with Gasteiger partial charge in [-0.25, -0.2) is 4.79 Å². The summed E-state index contributed by atoms with van der Waals surface area (Å²) >= 11 is 0. The number of carbonyl (C=O) groups excluding carboxylic acids is 2. The Kier molecular flexibility index (Phi) is 10.5. The van der Waals surface area contributed by atoms with Crippen LogP contribution in [0.4, 0.5) is 10.5 Å². The standard InChI is InChI=1S/C47H49N5O6/c1-48(37-14-16-39(17-15-37)58-31-32-9-3-2-4-10-32)45(53)42-26-44(51-18-8-7-13-43(42)51)40-24-35-27-50(47(55)56)28-36(35)25-41(40)46(54)52-29-34-12-6-5-11-33(34)23-38(52)30-49-19-21-57-22-20-49/h2-6,9-12,14-17,24-26,38H,7-8,13,18-23,27-31H2,1H3,(H,55,56)/t38-/m0/s1. The average molecular weight is 780 g/mol. The minimum absolute atomic E-state index is 0.0562. The molecule has 11 heteroatoms. The number of rotatable bonds is 9. The summed E-state index contributed by atoms with van der Waals surface area (Å²) in [6.07, 6.45) is 2.41. The zero-order valence-electron chi connectivity index (χ0n) is 32.9. The smallest absolute Gasteiger partial charge is 0.407 e. The highest BCUT2D eigenvalue weighted by molar-refractivity contribution is 6.08. The van der Waals surface area contributed by atoms with E-state index in [9.17, 15) is 14.7 Å². The Morgan fingerprint density at radius 3 is 2.28 bits per heavy atom. The Morgan fingerprint density at radius 2 is 1.52 bits per heavy atom. The van der Waals surface area contributed by atoms with Gasteiger partial charge in [0.15, 0.2) is 0 Å². The molecule has 4 aliphatic rings. The molecule has 58 heavy (non-hydrogen) atoms. The first-order valence-electron chi connectivity index (χ1n) is 20.4. The first-order chi connectivity index (χ1) is 28.3. The lowest BCUT2D eigenvalue weighted by atomic mass is 9.91. The summed E-state index contributed by atoms with van der Waals surface area (Å²) in [6, 6.07) is 31.8. The van der Waals surface area contributed by atoms with Crippen molar-refractivity contribution in [2.45, 2.75) is 64.5 Å². The van der Waals surface area contributed by atoms with E-state index in [0.29, 0.717) is 37.5 Å². The van der Waals surface area contributed by atoms with Crippen molar-refractivity contribution in [1.29, 1.82) is 0 Å². The maximum atomic E-state index is 15.3. The van der Waals surface area contributed by atoms with Gasteiger partial charge >= 0.3 is 6.09 Å². The highest BCUT2D eigenvalue weighted by atomic mass is 16.5. The molecule has 298 valence electrons. The molecule has 3 amide bonds. The molecule has 0 spiro atoms. The largest absolute Gasteiger partial charge is 0.489 e. The molecule has 0 aliphatic carbocycles. The molecule has 1 N–H and O–H groups in total. The Labute approximate surface area is 339 Å². The van der Waals surface area contributed by atoms with Gasteiger partial charge in [-0.15, -0.1) is 0 Å². The van der Waals surface area contributed by atoms with Gasteiger partial charge in [-0.3, -0.25) is 19.4 Å². The van der Waals surface area contributed by atoms with E-state index in [2.05, 4.69) is 27.7 Å². The Hall–Kier alpha value is -5.91. The topological polar surface area (TPSA) is 108 Å². The number of ether oxygens (including phenoxy) is 2. The molecule has 5 heterocycles. The van der Waals surface area contributed by atoms with Gasteiger partial charge in [0.2, 0.25) is 0 Å². The van der Waals surface area contributed by atoms with Gasteiger partial charge in [0.1, 0.15) is 12.4 Å². The second-order valence-electron chi connectivity index (χ2n) is 15.9. The summed E-state index contributed by atoms with van der Waals surface area (Å²) in [4.78, 5) is 49.4. The predicted octanol–water partition coefficient (Wildman–Crippen LogP) is 7.24. The van der Waals surface area contributed by atoms with Crippen LogP contribution in [0.2, 0.25) is 0 Å². The average Bonchev–Trinajstić information content (AvgIpc) is 3.87. The molecule has 0 unspecified atom stereocenters. The first kappa shape index (κ1) is 37.7. The molecule has 0 radical (unpaired) electrons. The number of hydrogen-bond acceptors (Lipinski definition) is 6. The van der Waals surface area contributed by atoms with Crippen molar-refractivity contribution in [2.75, 3.05) is 44.8 Å². The van der Waals surface area contributed by atoms with Crippen LogP contribution < -0.4 is 9.64 Å². The summed E-state index contributed by atoms with van der Waals surface area (Å²) in [5.74, 6) is 0.515. The normalized spacial score (nSPS) is 17.6. The number of hydrogen-bond donors (Lipinski definition) is 1. The number of carbonyl (C=O) groups is 3.